The molecular weight excluding hydrogens is 298 g/mol. The average molecular weight is 315 g/mol. The molecule has 1 fully saturated rings. The molecule has 0 bridgehead atoms. The number of rotatable bonds is 4. The molecule has 3 unspecified atom stereocenters. The van der Waals surface area contributed by atoms with Crippen molar-refractivity contribution in [1.82, 2.24) is 9.55 Å². The summed E-state index contributed by atoms with van der Waals surface area (Å²) in [5.41, 5.74) is 1.53. The van der Waals surface area contributed by atoms with Gasteiger partial charge in [-0.3, -0.25) is 0 Å². The summed E-state index contributed by atoms with van der Waals surface area (Å²) in [6, 6.07) is 3.47. The van der Waals surface area contributed by atoms with Crippen LogP contribution in [-0.2, 0) is 0 Å². The molecule has 20 heavy (non-hydrogen) atoms. The highest BCUT2D eigenvalue weighted by Gasteiger charge is 2.40. The fraction of sp³-hybridized carbons (Fsp3) is 0.533. The zero-order valence-electron chi connectivity index (χ0n) is 11.5. The first kappa shape index (κ1) is 14.2. The molecule has 0 aliphatic heterocycles. The van der Waals surface area contributed by atoms with Crippen molar-refractivity contribution < 1.29 is 4.39 Å². The van der Waals surface area contributed by atoms with Crippen molar-refractivity contribution >= 4 is 34.2 Å². The molecule has 1 saturated carbocycles. The highest BCUT2D eigenvalue weighted by Crippen LogP contribution is 2.49. The van der Waals surface area contributed by atoms with E-state index in [1.165, 1.54) is 18.9 Å². The summed E-state index contributed by atoms with van der Waals surface area (Å²) in [7, 11) is 0. The van der Waals surface area contributed by atoms with E-state index in [0.29, 0.717) is 12.0 Å². The summed E-state index contributed by atoms with van der Waals surface area (Å²) < 4.78 is 15.9. The monoisotopic (exact) mass is 314 g/mol. The molecule has 1 heterocycles. The summed E-state index contributed by atoms with van der Waals surface area (Å²) in [6.07, 6.45) is 3.48. The summed E-state index contributed by atoms with van der Waals surface area (Å²) >= 11 is 12.1. The normalized spacial score (nSPS) is 23.2. The van der Waals surface area contributed by atoms with Crippen LogP contribution in [0.3, 0.4) is 0 Å². The number of fused-ring (bicyclic) bond motifs is 1. The second-order valence-electron chi connectivity index (χ2n) is 5.56. The summed E-state index contributed by atoms with van der Waals surface area (Å²) in [5, 5.41) is -0.0936. The number of halogens is 3. The number of hydrogen-bond donors (Lipinski definition) is 0. The first-order chi connectivity index (χ1) is 9.52. The van der Waals surface area contributed by atoms with Gasteiger partial charge in [0, 0.05) is 12.1 Å². The van der Waals surface area contributed by atoms with Gasteiger partial charge < -0.3 is 4.57 Å². The van der Waals surface area contributed by atoms with Gasteiger partial charge in [-0.1, -0.05) is 24.9 Å². The quantitative estimate of drug-likeness (QED) is 0.682. The van der Waals surface area contributed by atoms with E-state index in [9.17, 15) is 4.39 Å². The number of alkyl halides is 1. The molecular formula is C15H17Cl2FN2. The van der Waals surface area contributed by atoms with Crippen molar-refractivity contribution in [1.29, 1.82) is 0 Å². The molecule has 0 N–H and O–H groups in total. The Bertz CT molecular complexity index is 651. The summed E-state index contributed by atoms with van der Waals surface area (Å²) in [5.74, 6) is 1.07. The van der Waals surface area contributed by atoms with Crippen molar-refractivity contribution in [2.24, 2.45) is 5.92 Å². The van der Waals surface area contributed by atoms with Crippen molar-refractivity contribution in [2.75, 3.05) is 0 Å². The first-order valence-corrected chi connectivity index (χ1v) is 7.85. The van der Waals surface area contributed by atoms with Crippen molar-refractivity contribution in [3.63, 3.8) is 0 Å². The van der Waals surface area contributed by atoms with Gasteiger partial charge in [-0.15, -0.1) is 11.6 Å². The Morgan fingerprint density at radius 2 is 2.25 bits per heavy atom. The minimum absolute atomic E-state index is 0.108. The predicted octanol–water partition coefficient (Wildman–Crippen LogP) is 5.49. The number of aromatic nitrogens is 2. The molecule has 2 nitrogen and oxygen atoms in total. The van der Waals surface area contributed by atoms with Gasteiger partial charge in [0.15, 0.2) is 0 Å². The molecule has 0 radical (unpaired) electrons. The van der Waals surface area contributed by atoms with Gasteiger partial charge in [0.2, 0.25) is 0 Å². The number of nitrogens with zero attached hydrogens (tertiary/aromatic N) is 2. The highest BCUT2D eigenvalue weighted by molar-refractivity contribution is 6.31. The maximum Gasteiger partial charge on any atom is 0.144 e. The van der Waals surface area contributed by atoms with Crippen LogP contribution >= 0.6 is 23.2 Å². The molecule has 1 aliphatic carbocycles. The standard InChI is InChI=1S/C15H17Cl2FN2/c1-3-4-9-5-13(9)20-14-7-11(18)10(17)6-12(14)19-15(20)8(2)16/h6-9,13H,3-5H2,1-2H3. The molecule has 108 valence electrons. The smallest absolute Gasteiger partial charge is 0.144 e. The largest absolute Gasteiger partial charge is 0.323 e. The number of hydrogen-bond acceptors (Lipinski definition) is 1. The predicted molar refractivity (Wildman–Crippen MR) is 81.0 cm³/mol. The zero-order valence-corrected chi connectivity index (χ0v) is 13.0. The second kappa shape index (κ2) is 5.19. The van der Waals surface area contributed by atoms with Gasteiger partial charge >= 0.3 is 0 Å². The van der Waals surface area contributed by atoms with Crippen LogP contribution in [0.15, 0.2) is 12.1 Å². The Hall–Kier alpha value is -0.800. The number of imidazole rings is 1. The topological polar surface area (TPSA) is 17.8 Å². The molecule has 1 aromatic carbocycles. The highest BCUT2D eigenvalue weighted by atomic mass is 35.5. The molecule has 1 aliphatic rings. The average Bonchev–Trinajstić information content (AvgIpc) is 3.04. The van der Waals surface area contributed by atoms with Crippen LogP contribution in [-0.4, -0.2) is 9.55 Å². The third kappa shape index (κ3) is 2.31. The lowest BCUT2D eigenvalue weighted by molar-refractivity contribution is 0.594. The van der Waals surface area contributed by atoms with E-state index in [1.807, 2.05) is 6.92 Å². The molecule has 0 amide bonds. The van der Waals surface area contributed by atoms with Crippen LogP contribution in [0.5, 0.6) is 0 Å². The van der Waals surface area contributed by atoms with Crippen LogP contribution in [0.1, 0.15) is 50.4 Å². The Kier molecular flexibility index (Phi) is 3.67. The van der Waals surface area contributed by atoms with Gasteiger partial charge in [0.1, 0.15) is 11.6 Å². The van der Waals surface area contributed by atoms with E-state index in [-0.39, 0.29) is 10.4 Å². The minimum Gasteiger partial charge on any atom is -0.323 e. The SMILES string of the molecule is CCCC1CC1n1c(C(C)Cl)nc2cc(Cl)c(F)cc21. The van der Waals surface area contributed by atoms with Gasteiger partial charge in [-0.25, -0.2) is 9.37 Å². The fourth-order valence-electron chi connectivity index (χ4n) is 2.97. The van der Waals surface area contributed by atoms with Gasteiger partial charge in [0.05, 0.1) is 21.4 Å². The van der Waals surface area contributed by atoms with Crippen LogP contribution in [0, 0.1) is 11.7 Å². The fourth-order valence-corrected chi connectivity index (χ4v) is 3.28. The maximum atomic E-state index is 13.8. The summed E-state index contributed by atoms with van der Waals surface area (Å²) in [4.78, 5) is 4.55. The van der Waals surface area contributed by atoms with Crippen LogP contribution in [0.4, 0.5) is 4.39 Å². The third-order valence-electron chi connectivity index (χ3n) is 3.99. The molecule has 2 aromatic rings. The van der Waals surface area contributed by atoms with Crippen molar-refractivity contribution in [3.8, 4) is 0 Å². The second-order valence-corrected chi connectivity index (χ2v) is 6.62. The van der Waals surface area contributed by atoms with E-state index in [1.54, 1.807) is 6.07 Å². The molecule has 3 rings (SSSR count). The Morgan fingerprint density at radius 3 is 2.90 bits per heavy atom. The maximum absolute atomic E-state index is 13.8. The van der Waals surface area contributed by atoms with Crippen molar-refractivity contribution in [2.45, 2.75) is 44.5 Å². The van der Waals surface area contributed by atoms with Crippen LogP contribution < -0.4 is 0 Å². The van der Waals surface area contributed by atoms with Gasteiger partial charge in [-0.2, -0.15) is 0 Å². The Balaban J connectivity index is 2.12. The minimum atomic E-state index is -0.401. The van der Waals surface area contributed by atoms with Gasteiger partial charge in [0.25, 0.3) is 0 Å². The molecule has 5 heteroatoms. The molecule has 1 aromatic heterocycles. The van der Waals surface area contributed by atoms with E-state index in [2.05, 4.69) is 16.5 Å². The van der Waals surface area contributed by atoms with Crippen molar-refractivity contribution in [3.05, 3.63) is 28.8 Å². The van der Waals surface area contributed by atoms with E-state index in [4.69, 9.17) is 23.2 Å². The summed E-state index contributed by atoms with van der Waals surface area (Å²) in [6.45, 7) is 4.08. The molecule has 0 spiro atoms. The van der Waals surface area contributed by atoms with Gasteiger partial charge in [-0.05, 0) is 31.7 Å². The number of benzene rings is 1. The van der Waals surface area contributed by atoms with E-state index in [0.717, 1.165) is 23.3 Å². The lowest BCUT2D eigenvalue weighted by Crippen LogP contribution is -2.04. The lowest BCUT2D eigenvalue weighted by atomic mass is 10.2. The Labute approximate surface area is 127 Å². The first-order valence-electron chi connectivity index (χ1n) is 7.03. The van der Waals surface area contributed by atoms with E-state index >= 15 is 0 Å². The molecule has 0 saturated heterocycles. The molecule has 3 atom stereocenters. The van der Waals surface area contributed by atoms with E-state index < -0.39 is 5.82 Å². The lowest BCUT2D eigenvalue weighted by Gasteiger charge is -2.10. The Morgan fingerprint density at radius 1 is 1.50 bits per heavy atom. The third-order valence-corrected chi connectivity index (χ3v) is 4.48. The van der Waals surface area contributed by atoms with Crippen LogP contribution in [0.2, 0.25) is 5.02 Å². The van der Waals surface area contributed by atoms with Crippen LogP contribution in [0.25, 0.3) is 11.0 Å². The zero-order chi connectivity index (χ0) is 14.4.